The van der Waals surface area contributed by atoms with Crippen LogP contribution in [0.15, 0.2) is 10.8 Å². The van der Waals surface area contributed by atoms with Gasteiger partial charge in [0, 0.05) is 0 Å². The zero-order valence-corrected chi connectivity index (χ0v) is 20.7. The number of hydrogen-bond donors (Lipinski definition) is 0. The molecular weight excluding hydrogens is 390 g/mol. The predicted molar refractivity (Wildman–Crippen MR) is 106 cm³/mol. The van der Waals surface area contributed by atoms with Crippen LogP contribution >= 0.6 is 15.9 Å². The Bertz CT molecular complexity index is 589. The van der Waals surface area contributed by atoms with Crippen LogP contribution < -0.4 is 9.79 Å². The summed E-state index contributed by atoms with van der Waals surface area (Å²) in [7, 11) is -9.48. The Labute approximate surface area is 160 Å². The van der Waals surface area contributed by atoms with E-state index in [1.54, 1.807) is 0 Å². The second-order valence-electron chi connectivity index (χ2n) is 10.2. The third kappa shape index (κ3) is 3.85. The van der Waals surface area contributed by atoms with E-state index in [9.17, 15) is 9.79 Å². The summed E-state index contributed by atoms with van der Waals surface area (Å²) in [6, 6.07) is 0. The molecule has 2 heterocycles. The van der Waals surface area contributed by atoms with E-state index in [1.165, 1.54) is 5.82 Å². The van der Waals surface area contributed by atoms with Gasteiger partial charge in [0.1, 0.15) is 35.4 Å². The van der Waals surface area contributed by atoms with E-state index < -0.39 is 46.4 Å². The topological polar surface area (TPSA) is 83.0 Å². The summed E-state index contributed by atoms with van der Waals surface area (Å²) in [5, 5.41) is 0. The molecule has 0 radical (unpaired) electrons. The molecule has 0 saturated carbocycles. The summed E-state index contributed by atoms with van der Waals surface area (Å²) in [6.45, 7) is 20.8. The van der Waals surface area contributed by atoms with Crippen molar-refractivity contribution in [3.05, 3.63) is 10.8 Å². The molecule has 2 aliphatic heterocycles. The van der Waals surface area contributed by atoms with Crippen LogP contribution in [0.4, 0.5) is 0 Å². The highest BCUT2D eigenvalue weighted by Gasteiger charge is 2.66. The molecule has 0 aliphatic carbocycles. The minimum absolute atomic E-state index is 0.459. The summed E-state index contributed by atoms with van der Waals surface area (Å²) in [6.07, 6.45) is 0. The molecule has 9 heteroatoms. The normalized spacial score (nSPS) is 31.2. The molecule has 0 aromatic rings. The first kappa shape index (κ1) is 22.9. The Morgan fingerprint density at radius 3 is 1.31 bits per heavy atom. The summed E-state index contributed by atoms with van der Waals surface area (Å²) >= 11 is 0. The van der Waals surface area contributed by atoms with Crippen molar-refractivity contribution in [1.82, 2.24) is 0 Å². The van der Waals surface area contributed by atoms with Crippen molar-refractivity contribution in [2.24, 2.45) is 0 Å². The molecule has 2 saturated heterocycles. The van der Waals surface area contributed by atoms with Crippen LogP contribution in [0.5, 0.6) is 0 Å². The quantitative estimate of drug-likeness (QED) is 0.500. The molecule has 2 fully saturated rings. The Balaban J connectivity index is 2.53. The van der Waals surface area contributed by atoms with Gasteiger partial charge in [-0.05, 0) is 55.4 Å². The van der Waals surface area contributed by atoms with Crippen molar-refractivity contribution >= 4 is 24.0 Å². The Morgan fingerprint density at radius 2 is 1.00 bits per heavy atom. The monoisotopic (exact) mass is 424 g/mol. The van der Waals surface area contributed by atoms with E-state index in [2.05, 4.69) is 0 Å². The van der Waals surface area contributed by atoms with Crippen LogP contribution in [0.2, 0.25) is 19.6 Å². The van der Waals surface area contributed by atoms with Gasteiger partial charge >= 0.3 is 0 Å². The average Bonchev–Trinajstić information content (AvgIpc) is 2.57. The first-order valence-corrected chi connectivity index (χ1v) is 15.6. The SMILES string of the molecule is CC1(C)O[P+]([O-])(/C=C(/[Si](C)(C)C)[P+]2([O-])OC(C)(C)C(C)(C)O2)OC1(C)C. The predicted octanol–water partition coefficient (Wildman–Crippen LogP) is 4.16. The van der Waals surface area contributed by atoms with Gasteiger partial charge in [-0.3, -0.25) is 0 Å². The number of rotatable bonds is 3. The van der Waals surface area contributed by atoms with Crippen molar-refractivity contribution < 1.29 is 27.9 Å². The molecule has 152 valence electrons. The van der Waals surface area contributed by atoms with Gasteiger partial charge in [0.05, 0.1) is 0 Å². The molecular formula is C17H34O6P2Si. The fourth-order valence-corrected chi connectivity index (χ4v) is 13.3. The molecule has 0 aromatic carbocycles. The lowest BCUT2D eigenvalue weighted by Crippen LogP contribution is -2.41. The maximum atomic E-state index is 13.7. The van der Waals surface area contributed by atoms with E-state index in [-0.39, 0.29) is 0 Å². The first-order chi connectivity index (χ1) is 11.2. The van der Waals surface area contributed by atoms with Crippen molar-refractivity contribution in [3.8, 4) is 0 Å². The molecule has 0 amide bonds. The highest BCUT2D eigenvalue weighted by Crippen LogP contribution is 2.77. The van der Waals surface area contributed by atoms with Gasteiger partial charge in [-0.2, -0.15) is 18.1 Å². The Kier molecular flexibility index (Phi) is 5.31. The zero-order valence-electron chi connectivity index (χ0n) is 17.9. The van der Waals surface area contributed by atoms with Gasteiger partial charge in [-0.15, -0.1) is 0 Å². The summed E-state index contributed by atoms with van der Waals surface area (Å²) in [5.74, 6) is 1.42. The van der Waals surface area contributed by atoms with E-state index in [4.69, 9.17) is 18.1 Å². The lowest BCUT2D eigenvalue weighted by atomic mass is 9.90. The molecule has 0 aromatic heterocycles. The van der Waals surface area contributed by atoms with Crippen LogP contribution in [0.1, 0.15) is 55.4 Å². The van der Waals surface area contributed by atoms with Crippen LogP contribution in [0.3, 0.4) is 0 Å². The lowest BCUT2D eigenvalue weighted by Gasteiger charge is -2.32. The molecule has 0 spiro atoms. The maximum absolute atomic E-state index is 13.7. The molecule has 0 unspecified atom stereocenters. The van der Waals surface area contributed by atoms with Crippen molar-refractivity contribution in [2.45, 2.75) is 97.4 Å². The second-order valence-corrected chi connectivity index (χ2v) is 19.2. The highest BCUT2D eigenvalue weighted by atomic mass is 31.2. The standard InChI is InChI=1S/C17H34O6P2Si/c1-14(2)15(3,4)21-24(18,20-14)12-13(26(9,10)11)25(19)22-16(5,6)17(7,8)23-25/h12H,1-11H3/b13-12+. The highest BCUT2D eigenvalue weighted by molar-refractivity contribution is 7.70. The van der Waals surface area contributed by atoms with Gasteiger partial charge in [0.25, 0.3) is 15.9 Å². The molecule has 0 N–H and O–H groups in total. The van der Waals surface area contributed by atoms with Gasteiger partial charge in [-0.25, -0.2) is 0 Å². The largest absolute Gasteiger partial charge is 0.628 e. The Hall–Kier alpha value is 0.577. The van der Waals surface area contributed by atoms with Crippen LogP contribution in [-0.2, 0) is 18.1 Å². The minimum atomic E-state index is -3.63. The molecule has 0 bridgehead atoms. The van der Waals surface area contributed by atoms with Gasteiger partial charge in [0.2, 0.25) is 0 Å². The second kappa shape index (κ2) is 6.04. The third-order valence-corrected chi connectivity index (χ3v) is 14.7. The van der Waals surface area contributed by atoms with Crippen molar-refractivity contribution in [3.63, 3.8) is 0 Å². The van der Waals surface area contributed by atoms with Crippen LogP contribution in [0.25, 0.3) is 0 Å². The number of hydrogen-bond acceptors (Lipinski definition) is 6. The van der Waals surface area contributed by atoms with Crippen molar-refractivity contribution in [2.75, 3.05) is 0 Å². The minimum Gasteiger partial charge on any atom is -0.628 e. The fraction of sp³-hybridized carbons (Fsp3) is 0.882. The smallest absolute Gasteiger partial charge is 0.269 e. The first-order valence-electron chi connectivity index (χ1n) is 8.93. The lowest BCUT2D eigenvalue weighted by molar-refractivity contribution is -0.211. The van der Waals surface area contributed by atoms with Gasteiger partial charge in [0.15, 0.2) is 5.82 Å². The average molecular weight is 424 g/mol. The molecule has 0 atom stereocenters. The van der Waals surface area contributed by atoms with E-state index in [1.807, 2.05) is 75.0 Å². The summed E-state index contributed by atoms with van der Waals surface area (Å²) in [5.41, 5.74) is -2.97. The molecule has 2 aliphatic rings. The van der Waals surface area contributed by atoms with Crippen LogP contribution in [-0.4, -0.2) is 30.5 Å². The summed E-state index contributed by atoms with van der Waals surface area (Å²) in [4.78, 5) is 27.6. The molecule has 26 heavy (non-hydrogen) atoms. The fourth-order valence-electron chi connectivity index (χ4n) is 2.69. The Morgan fingerprint density at radius 1 is 0.692 bits per heavy atom. The van der Waals surface area contributed by atoms with Crippen LogP contribution in [0, 0.1) is 0 Å². The van der Waals surface area contributed by atoms with Gasteiger partial charge < -0.3 is 9.79 Å². The third-order valence-electron chi connectivity index (χ3n) is 5.65. The zero-order chi connectivity index (χ0) is 20.6. The maximum Gasteiger partial charge on any atom is 0.269 e. The van der Waals surface area contributed by atoms with E-state index in [0.717, 1.165) is 0 Å². The van der Waals surface area contributed by atoms with Crippen molar-refractivity contribution in [1.29, 1.82) is 0 Å². The van der Waals surface area contributed by atoms with E-state index >= 15 is 0 Å². The molecule has 2 rings (SSSR count). The summed E-state index contributed by atoms with van der Waals surface area (Å²) < 4.78 is 23.6. The van der Waals surface area contributed by atoms with Gasteiger partial charge in [-0.1, -0.05) is 19.6 Å². The van der Waals surface area contributed by atoms with E-state index in [0.29, 0.717) is 4.94 Å². The molecule has 6 nitrogen and oxygen atoms in total.